The number of carbonyl (C=O) groups is 1. The van der Waals surface area contributed by atoms with E-state index < -0.39 is 0 Å². The Morgan fingerprint density at radius 3 is 2.70 bits per heavy atom. The summed E-state index contributed by atoms with van der Waals surface area (Å²) in [4.78, 5) is 15.1. The molecule has 1 aliphatic rings. The summed E-state index contributed by atoms with van der Waals surface area (Å²) in [5, 5.41) is 11.5. The molecule has 1 aliphatic carbocycles. The average molecular weight is 381 g/mol. The molecule has 0 radical (unpaired) electrons. The lowest BCUT2D eigenvalue weighted by Crippen LogP contribution is -2.36. The van der Waals surface area contributed by atoms with Crippen LogP contribution in [0.1, 0.15) is 38.4 Å². The highest BCUT2D eigenvalue weighted by Gasteiger charge is 2.30. The van der Waals surface area contributed by atoms with Crippen molar-refractivity contribution in [2.24, 2.45) is 7.05 Å². The number of nitrogens with zero attached hydrogens (tertiary/aromatic N) is 4. The zero-order valence-electron chi connectivity index (χ0n) is 15.9. The van der Waals surface area contributed by atoms with Crippen LogP contribution in [0, 0.1) is 0 Å². The van der Waals surface area contributed by atoms with Crippen molar-refractivity contribution in [1.82, 2.24) is 14.8 Å². The lowest BCUT2D eigenvalue weighted by Gasteiger charge is -2.25. The van der Waals surface area contributed by atoms with E-state index in [0.29, 0.717) is 12.5 Å². The zero-order chi connectivity index (χ0) is 19.0. The maximum atomic E-state index is 13.2. The van der Waals surface area contributed by atoms with Crippen LogP contribution in [0.2, 0.25) is 0 Å². The number of thioether (sulfide) groups is 1. The van der Waals surface area contributed by atoms with Crippen LogP contribution in [0.5, 0.6) is 0 Å². The molecule has 1 aromatic heterocycles. The summed E-state index contributed by atoms with van der Waals surface area (Å²) in [6, 6.07) is 14.3. The van der Waals surface area contributed by atoms with Crippen LogP contribution in [0.3, 0.4) is 0 Å². The number of anilines is 1. The van der Waals surface area contributed by atoms with E-state index in [-0.39, 0.29) is 11.2 Å². The quantitative estimate of drug-likeness (QED) is 0.596. The van der Waals surface area contributed by atoms with Crippen molar-refractivity contribution in [3.63, 3.8) is 0 Å². The van der Waals surface area contributed by atoms with Gasteiger partial charge in [-0.1, -0.05) is 48.2 Å². The monoisotopic (exact) mass is 380 g/mol. The Bertz CT molecular complexity index is 974. The number of benzene rings is 2. The van der Waals surface area contributed by atoms with E-state index in [1.165, 1.54) is 24.6 Å². The van der Waals surface area contributed by atoms with Crippen molar-refractivity contribution in [3.05, 3.63) is 48.3 Å². The van der Waals surface area contributed by atoms with Gasteiger partial charge in [0.25, 0.3) is 0 Å². The molecule has 0 unspecified atom stereocenters. The fourth-order valence-electron chi connectivity index (χ4n) is 3.44. The van der Waals surface area contributed by atoms with E-state index in [1.807, 2.05) is 54.6 Å². The summed E-state index contributed by atoms with van der Waals surface area (Å²) in [5.41, 5.74) is 0.963. The summed E-state index contributed by atoms with van der Waals surface area (Å²) in [6.07, 6.45) is 2.38. The number of hydrogen-bond acceptors (Lipinski definition) is 4. The number of amides is 1. The highest BCUT2D eigenvalue weighted by Crippen LogP contribution is 2.40. The molecule has 1 amide bonds. The largest absolute Gasteiger partial charge is 0.311 e. The number of rotatable bonds is 6. The Hall–Kier alpha value is -2.34. The first kappa shape index (κ1) is 18.0. The third kappa shape index (κ3) is 3.46. The molecule has 140 valence electrons. The van der Waals surface area contributed by atoms with Gasteiger partial charge in [-0.25, -0.2) is 0 Å². The Labute approximate surface area is 163 Å². The topological polar surface area (TPSA) is 51.0 Å². The molecule has 1 heterocycles. The fourth-order valence-corrected chi connectivity index (χ4v) is 4.33. The van der Waals surface area contributed by atoms with Gasteiger partial charge in [0.15, 0.2) is 5.16 Å². The van der Waals surface area contributed by atoms with Crippen molar-refractivity contribution >= 4 is 34.1 Å². The first-order valence-electron chi connectivity index (χ1n) is 9.45. The molecule has 27 heavy (non-hydrogen) atoms. The van der Waals surface area contributed by atoms with E-state index in [1.54, 1.807) is 0 Å². The van der Waals surface area contributed by atoms with E-state index in [0.717, 1.165) is 27.4 Å². The Balaban J connectivity index is 1.58. The number of fused-ring (bicyclic) bond motifs is 1. The molecule has 0 spiro atoms. The van der Waals surface area contributed by atoms with Gasteiger partial charge in [-0.05, 0) is 38.1 Å². The van der Waals surface area contributed by atoms with Crippen LogP contribution >= 0.6 is 11.8 Å². The summed E-state index contributed by atoms with van der Waals surface area (Å²) < 4.78 is 2.04. The van der Waals surface area contributed by atoms with Crippen LogP contribution < -0.4 is 4.90 Å². The van der Waals surface area contributed by atoms with Crippen molar-refractivity contribution in [1.29, 1.82) is 0 Å². The maximum Gasteiger partial charge on any atom is 0.240 e. The molecule has 0 N–H and O–H groups in total. The molecule has 1 fully saturated rings. The Kier molecular flexibility index (Phi) is 4.91. The molecule has 1 atom stereocenters. The molecular formula is C21H24N4OS. The first-order chi connectivity index (χ1) is 13.1. The molecule has 4 rings (SSSR count). The summed E-state index contributed by atoms with van der Waals surface area (Å²) in [6.45, 7) is 4.60. The van der Waals surface area contributed by atoms with Crippen LogP contribution in [-0.2, 0) is 11.8 Å². The van der Waals surface area contributed by atoms with Gasteiger partial charge >= 0.3 is 0 Å². The van der Waals surface area contributed by atoms with Crippen LogP contribution in [0.15, 0.2) is 47.6 Å². The SMILES string of the molecule is CCN(C(=O)[C@H](C)Sc1nnc(C2CC2)n1C)c1cccc2ccccc12. The molecule has 1 saturated carbocycles. The number of aromatic nitrogens is 3. The average Bonchev–Trinajstić information content (AvgIpc) is 3.47. The van der Waals surface area contributed by atoms with E-state index >= 15 is 0 Å². The van der Waals surface area contributed by atoms with Crippen molar-refractivity contribution in [2.45, 2.75) is 43.0 Å². The van der Waals surface area contributed by atoms with Gasteiger partial charge in [-0.2, -0.15) is 0 Å². The van der Waals surface area contributed by atoms with Crippen LogP contribution in [0.4, 0.5) is 5.69 Å². The van der Waals surface area contributed by atoms with Gasteiger partial charge in [0.1, 0.15) is 5.82 Å². The second kappa shape index (κ2) is 7.35. The number of carbonyl (C=O) groups excluding carboxylic acids is 1. The normalized spacial score (nSPS) is 15.1. The predicted octanol–water partition coefficient (Wildman–Crippen LogP) is 4.38. The Morgan fingerprint density at radius 2 is 1.96 bits per heavy atom. The molecule has 6 heteroatoms. The highest BCUT2D eigenvalue weighted by atomic mass is 32.2. The third-order valence-corrected chi connectivity index (χ3v) is 6.20. The zero-order valence-corrected chi connectivity index (χ0v) is 16.7. The molecular weight excluding hydrogens is 356 g/mol. The number of hydrogen-bond donors (Lipinski definition) is 0. The molecule has 3 aromatic rings. The van der Waals surface area contributed by atoms with Gasteiger partial charge in [-0.3, -0.25) is 4.79 Å². The van der Waals surface area contributed by atoms with Crippen LogP contribution in [-0.4, -0.2) is 32.5 Å². The van der Waals surface area contributed by atoms with E-state index in [4.69, 9.17) is 0 Å². The smallest absolute Gasteiger partial charge is 0.240 e. The fraction of sp³-hybridized carbons (Fsp3) is 0.381. The minimum absolute atomic E-state index is 0.0924. The summed E-state index contributed by atoms with van der Waals surface area (Å²) >= 11 is 1.49. The molecule has 5 nitrogen and oxygen atoms in total. The lowest BCUT2D eigenvalue weighted by molar-refractivity contribution is -0.117. The first-order valence-corrected chi connectivity index (χ1v) is 10.3. The van der Waals surface area contributed by atoms with Gasteiger partial charge in [0, 0.05) is 24.9 Å². The van der Waals surface area contributed by atoms with Gasteiger partial charge in [0.2, 0.25) is 5.91 Å². The summed E-state index contributed by atoms with van der Waals surface area (Å²) in [5.74, 6) is 1.68. The molecule has 0 aliphatic heterocycles. The van der Waals surface area contributed by atoms with Gasteiger partial charge in [-0.15, -0.1) is 10.2 Å². The van der Waals surface area contributed by atoms with E-state index in [2.05, 4.69) is 28.4 Å². The second-order valence-corrected chi connectivity index (χ2v) is 8.32. The maximum absolute atomic E-state index is 13.2. The lowest BCUT2D eigenvalue weighted by atomic mass is 10.1. The van der Waals surface area contributed by atoms with E-state index in [9.17, 15) is 4.79 Å². The van der Waals surface area contributed by atoms with Gasteiger partial charge in [0.05, 0.1) is 10.9 Å². The van der Waals surface area contributed by atoms with Crippen molar-refractivity contribution in [2.75, 3.05) is 11.4 Å². The Morgan fingerprint density at radius 1 is 1.22 bits per heavy atom. The van der Waals surface area contributed by atoms with Crippen molar-refractivity contribution in [3.8, 4) is 0 Å². The summed E-state index contributed by atoms with van der Waals surface area (Å²) in [7, 11) is 2.00. The second-order valence-electron chi connectivity index (χ2n) is 7.01. The third-order valence-electron chi connectivity index (χ3n) is 5.08. The van der Waals surface area contributed by atoms with Gasteiger partial charge < -0.3 is 9.47 Å². The standard InChI is InChI=1S/C21H24N4OS/c1-4-25(18-11-7-9-15-8-5-6-10-17(15)18)20(26)14(2)27-21-23-22-19(24(21)3)16-12-13-16/h5-11,14,16H,4,12-13H2,1-3H3/t14-/m0/s1. The molecule has 0 saturated heterocycles. The van der Waals surface area contributed by atoms with Crippen LogP contribution in [0.25, 0.3) is 10.8 Å². The highest BCUT2D eigenvalue weighted by molar-refractivity contribution is 8.00. The minimum atomic E-state index is -0.237. The minimum Gasteiger partial charge on any atom is -0.311 e. The predicted molar refractivity (Wildman–Crippen MR) is 110 cm³/mol. The molecule has 2 aromatic carbocycles. The van der Waals surface area contributed by atoms with Crippen molar-refractivity contribution < 1.29 is 4.79 Å². The molecule has 0 bridgehead atoms.